The smallest absolute Gasteiger partial charge is 0.123 e. The van der Waals surface area contributed by atoms with Gasteiger partial charge in [-0.05, 0) is 44.3 Å². The Labute approximate surface area is 126 Å². The Balaban J connectivity index is 1.96. The summed E-state index contributed by atoms with van der Waals surface area (Å²) in [5.74, 6) is -0.191. The molecule has 0 aliphatic carbocycles. The summed E-state index contributed by atoms with van der Waals surface area (Å²) in [5, 5.41) is 3.49. The minimum absolute atomic E-state index is 0.191. The van der Waals surface area contributed by atoms with Crippen LogP contribution in [0, 0.1) is 12.7 Å². The molecule has 21 heavy (non-hydrogen) atoms. The van der Waals surface area contributed by atoms with Gasteiger partial charge in [0, 0.05) is 19.1 Å². The van der Waals surface area contributed by atoms with E-state index in [9.17, 15) is 4.39 Å². The van der Waals surface area contributed by atoms with Gasteiger partial charge in [0.2, 0.25) is 0 Å². The van der Waals surface area contributed by atoms with Crippen molar-refractivity contribution in [2.75, 3.05) is 20.6 Å². The molecule has 1 unspecified atom stereocenters. The number of hydrogen-bond donors (Lipinski definition) is 1. The standard InChI is InChI=1S/C18H23FN2/c1-14-5-4-6-15(11-14)12-20-13-18(21(2)3)16-7-9-17(19)10-8-16/h4-11,18,20H,12-13H2,1-3H3. The molecule has 2 aromatic carbocycles. The maximum atomic E-state index is 13.0. The largest absolute Gasteiger partial charge is 0.311 e. The molecular formula is C18H23FN2. The summed E-state index contributed by atoms with van der Waals surface area (Å²) in [6.45, 7) is 3.77. The molecule has 0 radical (unpaired) electrons. The lowest BCUT2D eigenvalue weighted by molar-refractivity contribution is 0.288. The van der Waals surface area contributed by atoms with Crippen LogP contribution < -0.4 is 5.32 Å². The summed E-state index contributed by atoms with van der Waals surface area (Å²) in [4.78, 5) is 2.15. The minimum Gasteiger partial charge on any atom is -0.311 e. The maximum Gasteiger partial charge on any atom is 0.123 e. The van der Waals surface area contributed by atoms with Gasteiger partial charge in [-0.1, -0.05) is 42.0 Å². The number of likely N-dealkylation sites (N-methyl/N-ethyl adjacent to an activating group) is 1. The first-order valence-corrected chi connectivity index (χ1v) is 7.24. The molecule has 0 spiro atoms. The third kappa shape index (κ3) is 4.66. The van der Waals surface area contributed by atoms with Gasteiger partial charge in [-0.15, -0.1) is 0 Å². The average Bonchev–Trinajstić information content (AvgIpc) is 2.45. The van der Waals surface area contributed by atoms with E-state index in [0.29, 0.717) is 0 Å². The van der Waals surface area contributed by atoms with Crippen molar-refractivity contribution in [3.05, 3.63) is 71.0 Å². The van der Waals surface area contributed by atoms with Gasteiger partial charge in [0.1, 0.15) is 5.82 Å². The maximum absolute atomic E-state index is 13.0. The van der Waals surface area contributed by atoms with Crippen molar-refractivity contribution in [1.29, 1.82) is 0 Å². The van der Waals surface area contributed by atoms with Crippen LogP contribution in [0.5, 0.6) is 0 Å². The van der Waals surface area contributed by atoms with Crippen molar-refractivity contribution in [3.8, 4) is 0 Å². The number of rotatable bonds is 6. The van der Waals surface area contributed by atoms with Gasteiger partial charge < -0.3 is 10.2 Å². The first kappa shape index (κ1) is 15.7. The molecule has 0 saturated heterocycles. The highest BCUT2D eigenvalue weighted by molar-refractivity contribution is 5.23. The molecule has 3 heteroatoms. The molecule has 112 valence electrons. The summed E-state index contributed by atoms with van der Waals surface area (Å²) in [6.07, 6.45) is 0. The molecule has 2 aromatic rings. The van der Waals surface area contributed by atoms with E-state index in [1.54, 1.807) is 0 Å². The molecular weight excluding hydrogens is 263 g/mol. The van der Waals surface area contributed by atoms with Crippen molar-refractivity contribution in [2.45, 2.75) is 19.5 Å². The fraction of sp³-hybridized carbons (Fsp3) is 0.333. The van der Waals surface area contributed by atoms with Crippen molar-refractivity contribution in [2.24, 2.45) is 0 Å². The highest BCUT2D eigenvalue weighted by atomic mass is 19.1. The average molecular weight is 286 g/mol. The Morgan fingerprint density at radius 1 is 1.10 bits per heavy atom. The molecule has 0 saturated carbocycles. The summed E-state index contributed by atoms with van der Waals surface area (Å²) >= 11 is 0. The lowest BCUT2D eigenvalue weighted by atomic mass is 10.1. The van der Waals surface area contributed by atoms with Gasteiger partial charge in [-0.2, -0.15) is 0 Å². The fourth-order valence-corrected chi connectivity index (χ4v) is 2.46. The number of nitrogens with zero attached hydrogens (tertiary/aromatic N) is 1. The van der Waals surface area contributed by atoms with Crippen LogP contribution in [-0.4, -0.2) is 25.5 Å². The van der Waals surface area contributed by atoms with Crippen LogP contribution in [-0.2, 0) is 6.54 Å². The lowest BCUT2D eigenvalue weighted by Crippen LogP contribution is -2.30. The zero-order chi connectivity index (χ0) is 15.2. The van der Waals surface area contributed by atoms with Crippen LogP contribution in [0.25, 0.3) is 0 Å². The number of hydrogen-bond acceptors (Lipinski definition) is 2. The second kappa shape index (κ2) is 7.34. The van der Waals surface area contributed by atoms with E-state index < -0.39 is 0 Å². The van der Waals surface area contributed by atoms with Crippen LogP contribution in [0.1, 0.15) is 22.7 Å². The fourth-order valence-electron chi connectivity index (χ4n) is 2.46. The first-order chi connectivity index (χ1) is 10.1. The van der Waals surface area contributed by atoms with Gasteiger partial charge in [0.05, 0.1) is 0 Å². The molecule has 0 aliphatic heterocycles. The Hall–Kier alpha value is -1.71. The topological polar surface area (TPSA) is 15.3 Å². The molecule has 1 atom stereocenters. The summed E-state index contributed by atoms with van der Waals surface area (Å²) in [6, 6.07) is 15.5. The van der Waals surface area contributed by atoms with E-state index in [2.05, 4.69) is 41.4 Å². The second-order valence-electron chi connectivity index (χ2n) is 5.65. The van der Waals surface area contributed by atoms with Gasteiger partial charge in [-0.3, -0.25) is 0 Å². The van der Waals surface area contributed by atoms with Gasteiger partial charge in [0.25, 0.3) is 0 Å². The Morgan fingerprint density at radius 3 is 2.43 bits per heavy atom. The van der Waals surface area contributed by atoms with Crippen LogP contribution in [0.2, 0.25) is 0 Å². The van der Waals surface area contributed by atoms with Crippen LogP contribution >= 0.6 is 0 Å². The van der Waals surface area contributed by atoms with E-state index in [4.69, 9.17) is 0 Å². The van der Waals surface area contributed by atoms with Crippen molar-refractivity contribution in [1.82, 2.24) is 10.2 Å². The van der Waals surface area contributed by atoms with Crippen molar-refractivity contribution >= 4 is 0 Å². The summed E-state index contributed by atoms with van der Waals surface area (Å²) in [5.41, 5.74) is 3.68. The number of halogens is 1. The molecule has 0 amide bonds. The number of nitrogens with one attached hydrogen (secondary N) is 1. The highest BCUT2D eigenvalue weighted by Crippen LogP contribution is 2.18. The predicted octanol–water partition coefficient (Wildman–Crippen LogP) is 3.53. The molecule has 2 rings (SSSR count). The Bertz CT molecular complexity index is 564. The zero-order valence-electron chi connectivity index (χ0n) is 12.9. The molecule has 1 N–H and O–H groups in total. The van der Waals surface area contributed by atoms with Gasteiger partial charge in [-0.25, -0.2) is 4.39 Å². The molecule has 0 heterocycles. The second-order valence-corrected chi connectivity index (χ2v) is 5.65. The van der Waals surface area contributed by atoms with E-state index in [-0.39, 0.29) is 11.9 Å². The molecule has 0 bridgehead atoms. The third-order valence-corrected chi connectivity index (χ3v) is 3.63. The summed E-state index contributed by atoms with van der Waals surface area (Å²) < 4.78 is 13.0. The van der Waals surface area contributed by atoms with E-state index in [0.717, 1.165) is 18.7 Å². The van der Waals surface area contributed by atoms with Crippen LogP contribution in [0.15, 0.2) is 48.5 Å². The molecule has 2 nitrogen and oxygen atoms in total. The quantitative estimate of drug-likeness (QED) is 0.874. The monoisotopic (exact) mass is 286 g/mol. The van der Waals surface area contributed by atoms with Crippen LogP contribution in [0.4, 0.5) is 4.39 Å². The third-order valence-electron chi connectivity index (χ3n) is 3.63. The Morgan fingerprint density at radius 2 is 1.81 bits per heavy atom. The van der Waals surface area contributed by atoms with Gasteiger partial charge >= 0.3 is 0 Å². The molecule has 0 aromatic heterocycles. The zero-order valence-corrected chi connectivity index (χ0v) is 12.9. The van der Waals surface area contributed by atoms with E-state index in [1.807, 2.05) is 26.2 Å². The van der Waals surface area contributed by atoms with Crippen molar-refractivity contribution in [3.63, 3.8) is 0 Å². The summed E-state index contributed by atoms with van der Waals surface area (Å²) in [7, 11) is 4.09. The first-order valence-electron chi connectivity index (χ1n) is 7.24. The van der Waals surface area contributed by atoms with E-state index >= 15 is 0 Å². The Kier molecular flexibility index (Phi) is 5.48. The van der Waals surface area contributed by atoms with Gasteiger partial charge in [0.15, 0.2) is 0 Å². The SMILES string of the molecule is Cc1cccc(CNCC(c2ccc(F)cc2)N(C)C)c1. The normalized spacial score (nSPS) is 12.6. The number of benzene rings is 2. The molecule has 0 fully saturated rings. The lowest BCUT2D eigenvalue weighted by Gasteiger charge is -2.25. The minimum atomic E-state index is -0.191. The van der Waals surface area contributed by atoms with Crippen LogP contribution in [0.3, 0.4) is 0 Å². The van der Waals surface area contributed by atoms with E-state index in [1.165, 1.54) is 23.3 Å². The predicted molar refractivity (Wildman–Crippen MR) is 85.7 cm³/mol. The number of aryl methyl sites for hydroxylation is 1. The molecule has 0 aliphatic rings. The highest BCUT2D eigenvalue weighted by Gasteiger charge is 2.13. The van der Waals surface area contributed by atoms with Crippen molar-refractivity contribution < 1.29 is 4.39 Å².